The summed E-state index contributed by atoms with van der Waals surface area (Å²) in [5.41, 5.74) is 0. The molecule has 2 aliphatic rings. The smallest absolute Gasteiger partial charge is 0.231 e. The van der Waals surface area contributed by atoms with E-state index >= 15 is 0 Å². The summed E-state index contributed by atoms with van der Waals surface area (Å²) in [6, 6.07) is 0. The molecule has 5 nitrogen and oxygen atoms in total. The molecule has 9 heteroatoms. The third-order valence-corrected chi connectivity index (χ3v) is 4.89. The Kier molecular flexibility index (Phi) is 10.6. The average molecular weight is 419 g/mol. The van der Waals surface area contributed by atoms with E-state index < -0.39 is 0 Å². The van der Waals surface area contributed by atoms with Crippen LogP contribution >= 0.6 is 48.8 Å². The Morgan fingerprint density at radius 1 is 0.708 bits per heavy atom. The molecule has 0 aliphatic carbocycles. The quantitative estimate of drug-likeness (QED) is 0.717. The number of piperidine rings is 2. The van der Waals surface area contributed by atoms with Gasteiger partial charge in [-0.2, -0.15) is 15.0 Å². The van der Waals surface area contributed by atoms with Crippen LogP contribution in [-0.2, 0) is 0 Å². The second kappa shape index (κ2) is 10.7. The summed E-state index contributed by atoms with van der Waals surface area (Å²) in [4.78, 5) is 17.8. The number of nitrogens with zero attached hydrogens (tertiary/aromatic N) is 5. The highest BCUT2D eigenvalue weighted by Gasteiger charge is 2.22. The molecule has 24 heavy (non-hydrogen) atoms. The molecule has 140 valence electrons. The molecule has 0 amide bonds. The first-order valence-electron chi connectivity index (χ1n) is 8.03. The SMILES string of the molecule is CC1CCN(c2nc(Cl)nc(N3CCC(C)CC3)n2)CC1.Cl.Cl.Cl. The molecular formula is C15H27Cl4N5. The average Bonchev–Trinajstić information content (AvgIpc) is 2.48. The lowest BCUT2D eigenvalue weighted by atomic mass is 9.99. The lowest BCUT2D eigenvalue weighted by Gasteiger charge is -2.32. The van der Waals surface area contributed by atoms with Crippen molar-refractivity contribution in [1.82, 2.24) is 15.0 Å². The van der Waals surface area contributed by atoms with Crippen LogP contribution in [-0.4, -0.2) is 41.1 Å². The molecule has 0 bridgehead atoms. The van der Waals surface area contributed by atoms with E-state index in [1.165, 1.54) is 25.7 Å². The monoisotopic (exact) mass is 417 g/mol. The predicted molar refractivity (Wildman–Crippen MR) is 108 cm³/mol. The lowest BCUT2D eigenvalue weighted by molar-refractivity contribution is 0.429. The van der Waals surface area contributed by atoms with Crippen molar-refractivity contribution in [2.75, 3.05) is 36.0 Å². The van der Waals surface area contributed by atoms with E-state index in [-0.39, 0.29) is 37.2 Å². The van der Waals surface area contributed by atoms with Crippen LogP contribution in [0.2, 0.25) is 5.28 Å². The molecule has 1 aromatic heterocycles. The second-order valence-corrected chi connectivity index (χ2v) is 6.88. The zero-order valence-corrected chi connectivity index (χ0v) is 17.4. The zero-order chi connectivity index (χ0) is 14.8. The standard InChI is InChI=1S/C15H24ClN5.3ClH/c1-11-3-7-20(8-4-11)14-17-13(16)18-15(19-14)21-9-5-12(2)6-10-21;;;/h11-12H,3-10H2,1-2H3;3*1H. The van der Waals surface area contributed by atoms with E-state index in [0.29, 0.717) is 5.28 Å². The van der Waals surface area contributed by atoms with Gasteiger partial charge in [-0.25, -0.2) is 0 Å². The van der Waals surface area contributed by atoms with E-state index in [1.54, 1.807) is 0 Å². The third kappa shape index (κ3) is 5.94. The van der Waals surface area contributed by atoms with Gasteiger partial charge in [0.15, 0.2) is 0 Å². The Labute approximate surface area is 168 Å². The summed E-state index contributed by atoms with van der Waals surface area (Å²) < 4.78 is 0. The van der Waals surface area contributed by atoms with Crippen molar-refractivity contribution in [2.45, 2.75) is 39.5 Å². The largest absolute Gasteiger partial charge is 0.341 e. The molecular weight excluding hydrogens is 392 g/mol. The molecule has 2 saturated heterocycles. The minimum atomic E-state index is 0. The van der Waals surface area contributed by atoms with Gasteiger partial charge >= 0.3 is 0 Å². The van der Waals surface area contributed by atoms with Gasteiger partial charge in [0.05, 0.1) is 0 Å². The van der Waals surface area contributed by atoms with E-state index in [2.05, 4.69) is 38.6 Å². The Morgan fingerprint density at radius 2 is 1.04 bits per heavy atom. The number of anilines is 2. The molecule has 3 heterocycles. The lowest BCUT2D eigenvalue weighted by Crippen LogP contribution is -2.37. The fourth-order valence-electron chi connectivity index (χ4n) is 3.03. The molecule has 0 saturated carbocycles. The maximum absolute atomic E-state index is 6.13. The van der Waals surface area contributed by atoms with Crippen LogP contribution in [0.25, 0.3) is 0 Å². The highest BCUT2D eigenvalue weighted by molar-refractivity contribution is 6.28. The van der Waals surface area contributed by atoms with Crippen molar-refractivity contribution in [3.05, 3.63) is 5.28 Å². The molecule has 0 N–H and O–H groups in total. The van der Waals surface area contributed by atoms with Crippen LogP contribution in [0.3, 0.4) is 0 Å². The normalized spacial score (nSPS) is 19.1. The number of aromatic nitrogens is 3. The number of hydrogen-bond acceptors (Lipinski definition) is 5. The molecule has 0 atom stereocenters. The zero-order valence-electron chi connectivity index (χ0n) is 14.2. The topological polar surface area (TPSA) is 45.2 Å². The minimum Gasteiger partial charge on any atom is -0.341 e. The summed E-state index contributed by atoms with van der Waals surface area (Å²) in [6.07, 6.45) is 4.78. The van der Waals surface area contributed by atoms with E-state index in [1.807, 2.05) is 0 Å². The molecule has 3 rings (SSSR count). The Hall–Kier alpha value is -0.230. The van der Waals surface area contributed by atoms with Gasteiger partial charge < -0.3 is 9.80 Å². The van der Waals surface area contributed by atoms with Crippen molar-refractivity contribution in [3.63, 3.8) is 0 Å². The third-order valence-electron chi connectivity index (χ3n) is 4.72. The van der Waals surface area contributed by atoms with Crippen molar-refractivity contribution < 1.29 is 0 Å². The van der Waals surface area contributed by atoms with Gasteiger partial charge in [0.1, 0.15) is 0 Å². The fraction of sp³-hybridized carbons (Fsp3) is 0.800. The van der Waals surface area contributed by atoms with E-state index in [4.69, 9.17) is 11.6 Å². The Morgan fingerprint density at radius 3 is 1.38 bits per heavy atom. The van der Waals surface area contributed by atoms with Crippen LogP contribution in [0, 0.1) is 11.8 Å². The highest BCUT2D eigenvalue weighted by atomic mass is 35.5. The van der Waals surface area contributed by atoms with Crippen LogP contribution in [0.4, 0.5) is 11.9 Å². The molecule has 0 spiro atoms. The number of rotatable bonds is 2. The first-order valence-corrected chi connectivity index (χ1v) is 8.41. The molecule has 2 aliphatic heterocycles. The van der Waals surface area contributed by atoms with Gasteiger partial charge in [0.2, 0.25) is 17.2 Å². The molecule has 0 unspecified atom stereocenters. The minimum absolute atomic E-state index is 0. The summed E-state index contributed by atoms with van der Waals surface area (Å²) in [7, 11) is 0. The molecule has 0 aromatic carbocycles. The number of halogens is 4. The Bertz CT molecular complexity index is 449. The maximum Gasteiger partial charge on any atom is 0.231 e. The van der Waals surface area contributed by atoms with E-state index in [9.17, 15) is 0 Å². The fourth-order valence-corrected chi connectivity index (χ4v) is 3.18. The summed E-state index contributed by atoms with van der Waals surface area (Å²) in [5.74, 6) is 3.08. The van der Waals surface area contributed by atoms with Crippen LogP contribution in [0.1, 0.15) is 39.5 Å². The summed E-state index contributed by atoms with van der Waals surface area (Å²) in [5, 5.41) is 0.312. The van der Waals surface area contributed by atoms with Gasteiger partial charge in [-0.15, -0.1) is 37.2 Å². The highest BCUT2D eigenvalue weighted by Crippen LogP contribution is 2.25. The number of hydrogen-bond donors (Lipinski definition) is 0. The predicted octanol–water partition coefficient (Wildman–Crippen LogP) is 4.26. The van der Waals surface area contributed by atoms with Gasteiger partial charge in [0, 0.05) is 26.2 Å². The van der Waals surface area contributed by atoms with Gasteiger partial charge in [-0.1, -0.05) is 13.8 Å². The van der Waals surface area contributed by atoms with Gasteiger partial charge in [-0.3, -0.25) is 0 Å². The Balaban J connectivity index is 0.00000176. The van der Waals surface area contributed by atoms with Crippen molar-refractivity contribution >= 4 is 60.7 Å². The van der Waals surface area contributed by atoms with Crippen LogP contribution in [0.5, 0.6) is 0 Å². The van der Waals surface area contributed by atoms with Crippen molar-refractivity contribution in [1.29, 1.82) is 0 Å². The first kappa shape index (κ1) is 23.8. The maximum atomic E-state index is 6.13. The van der Waals surface area contributed by atoms with Crippen molar-refractivity contribution in [3.8, 4) is 0 Å². The van der Waals surface area contributed by atoms with Gasteiger partial charge in [0.25, 0.3) is 0 Å². The van der Waals surface area contributed by atoms with Crippen molar-refractivity contribution in [2.24, 2.45) is 11.8 Å². The summed E-state index contributed by atoms with van der Waals surface area (Å²) >= 11 is 6.13. The van der Waals surface area contributed by atoms with Crippen LogP contribution in [0.15, 0.2) is 0 Å². The van der Waals surface area contributed by atoms with Gasteiger partial charge in [-0.05, 0) is 49.1 Å². The summed E-state index contributed by atoms with van der Waals surface area (Å²) in [6.45, 7) is 8.65. The molecule has 2 fully saturated rings. The first-order chi connectivity index (χ1) is 10.1. The molecule has 0 radical (unpaired) electrons. The van der Waals surface area contributed by atoms with Crippen LogP contribution < -0.4 is 9.80 Å². The molecule has 1 aromatic rings. The van der Waals surface area contributed by atoms with E-state index in [0.717, 1.165) is 49.9 Å². The second-order valence-electron chi connectivity index (χ2n) is 6.54.